The van der Waals surface area contributed by atoms with Gasteiger partial charge in [-0.25, -0.2) is 0 Å². The Hall–Kier alpha value is 0.760. The lowest BCUT2D eigenvalue weighted by Crippen LogP contribution is -2.35. The highest BCUT2D eigenvalue weighted by atomic mass is 127. The minimum absolute atomic E-state index is 0.0337. The van der Waals surface area contributed by atoms with Crippen LogP contribution < -0.4 is 0 Å². The molecule has 1 aliphatic carbocycles. The molecule has 86 valence electrons. The third-order valence-corrected chi connectivity index (χ3v) is 4.84. The molecule has 0 aromatic rings. The number of carbonyl (C=O) groups excluding carboxylic acids is 2. The topological polar surface area (TPSA) is 54.4 Å². The highest BCUT2D eigenvalue weighted by Crippen LogP contribution is 2.39. The standard InChI is InChI=1S/C10H14I2O3/c1-5(13)6-2-3-7(9(11)14)8(4-6)10(12)15/h6-8,10,15H,2-4H2,1H3. The zero-order chi connectivity index (χ0) is 11.6. The van der Waals surface area contributed by atoms with Gasteiger partial charge in [0.1, 0.15) is 9.89 Å². The highest BCUT2D eigenvalue weighted by Gasteiger charge is 2.38. The third kappa shape index (κ3) is 3.62. The molecule has 5 heteroatoms. The first-order chi connectivity index (χ1) is 6.93. The maximum atomic E-state index is 11.4. The van der Waals surface area contributed by atoms with Crippen molar-refractivity contribution >= 4 is 54.8 Å². The van der Waals surface area contributed by atoms with Gasteiger partial charge in [-0.2, -0.15) is 0 Å². The Morgan fingerprint density at radius 1 is 1.40 bits per heavy atom. The Labute approximate surface area is 117 Å². The fourth-order valence-corrected chi connectivity index (χ4v) is 3.73. The summed E-state index contributed by atoms with van der Waals surface area (Å²) in [6, 6.07) is 0. The predicted octanol–water partition coefficient (Wildman–Crippen LogP) is 2.32. The second-order valence-corrected chi connectivity index (χ2v) is 6.41. The summed E-state index contributed by atoms with van der Waals surface area (Å²) >= 11 is 3.73. The van der Waals surface area contributed by atoms with E-state index in [0.29, 0.717) is 6.42 Å². The normalized spacial score (nSPS) is 33.5. The second-order valence-electron chi connectivity index (χ2n) is 4.07. The average molecular weight is 436 g/mol. The van der Waals surface area contributed by atoms with Gasteiger partial charge in [-0.1, -0.05) is 22.6 Å². The molecule has 1 aliphatic rings. The molecule has 0 bridgehead atoms. The van der Waals surface area contributed by atoms with Crippen LogP contribution in [-0.4, -0.2) is 18.8 Å². The molecule has 0 radical (unpaired) electrons. The second kappa shape index (κ2) is 5.90. The van der Waals surface area contributed by atoms with Crippen molar-refractivity contribution in [3.05, 3.63) is 0 Å². The number of halogens is 2. The van der Waals surface area contributed by atoms with E-state index < -0.39 is 4.11 Å². The van der Waals surface area contributed by atoms with Crippen LogP contribution in [-0.2, 0) is 9.59 Å². The maximum Gasteiger partial charge on any atom is 0.195 e. The van der Waals surface area contributed by atoms with E-state index in [-0.39, 0.29) is 27.3 Å². The van der Waals surface area contributed by atoms with Gasteiger partial charge in [0.05, 0.1) is 0 Å². The van der Waals surface area contributed by atoms with Crippen LogP contribution in [0, 0.1) is 17.8 Å². The van der Waals surface area contributed by atoms with Gasteiger partial charge in [0.2, 0.25) is 0 Å². The number of hydrogen-bond donors (Lipinski definition) is 1. The van der Waals surface area contributed by atoms with E-state index in [1.54, 1.807) is 29.5 Å². The Morgan fingerprint density at radius 3 is 2.40 bits per heavy atom. The number of rotatable bonds is 3. The molecule has 0 amide bonds. The predicted molar refractivity (Wildman–Crippen MR) is 74.1 cm³/mol. The first-order valence-electron chi connectivity index (χ1n) is 4.95. The molecule has 1 saturated carbocycles. The van der Waals surface area contributed by atoms with Crippen LogP contribution in [0.4, 0.5) is 0 Å². The summed E-state index contributed by atoms with van der Waals surface area (Å²) < 4.78 is -0.427. The number of aliphatic hydroxyl groups is 1. The van der Waals surface area contributed by atoms with Crippen LogP contribution >= 0.6 is 45.2 Å². The van der Waals surface area contributed by atoms with Crippen molar-refractivity contribution < 1.29 is 14.7 Å². The van der Waals surface area contributed by atoms with Crippen molar-refractivity contribution in [1.29, 1.82) is 0 Å². The molecular weight excluding hydrogens is 422 g/mol. The van der Waals surface area contributed by atoms with Gasteiger partial charge in [0.15, 0.2) is 3.79 Å². The molecule has 1 rings (SSSR count). The molecule has 0 saturated heterocycles. The van der Waals surface area contributed by atoms with Gasteiger partial charge >= 0.3 is 0 Å². The molecule has 0 spiro atoms. The van der Waals surface area contributed by atoms with E-state index in [1.165, 1.54) is 0 Å². The van der Waals surface area contributed by atoms with Crippen LogP contribution in [0.15, 0.2) is 0 Å². The molecular formula is C10H14I2O3. The van der Waals surface area contributed by atoms with Crippen molar-refractivity contribution in [3.63, 3.8) is 0 Å². The summed E-state index contributed by atoms with van der Waals surface area (Å²) in [6.07, 6.45) is 2.17. The van der Waals surface area contributed by atoms with E-state index in [4.69, 9.17) is 0 Å². The van der Waals surface area contributed by atoms with Gasteiger partial charge in [-0.05, 0) is 48.8 Å². The first-order valence-corrected chi connectivity index (χ1v) is 7.28. The molecule has 3 nitrogen and oxygen atoms in total. The smallest absolute Gasteiger partial charge is 0.195 e. The van der Waals surface area contributed by atoms with Crippen LogP contribution in [0.3, 0.4) is 0 Å². The van der Waals surface area contributed by atoms with E-state index >= 15 is 0 Å². The van der Waals surface area contributed by atoms with E-state index in [0.717, 1.165) is 12.8 Å². The Bertz CT molecular complexity index is 265. The number of aliphatic hydroxyl groups excluding tert-OH is 1. The van der Waals surface area contributed by atoms with Crippen LogP contribution in [0.5, 0.6) is 0 Å². The zero-order valence-corrected chi connectivity index (χ0v) is 12.8. The summed E-state index contributed by atoms with van der Waals surface area (Å²) in [7, 11) is 0. The monoisotopic (exact) mass is 436 g/mol. The fourth-order valence-electron chi connectivity index (χ4n) is 2.16. The van der Waals surface area contributed by atoms with Crippen molar-refractivity contribution in [2.24, 2.45) is 17.8 Å². The first kappa shape index (κ1) is 13.8. The highest BCUT2D eigenvalue weighted by molar-refractivity contribution is 14.1. The number of hydrogen-bond acceptors (Lipinski definition) is 3. The molecule has 4 unspecified atom stereocenters. The summed E-state index contributed by atoms with van der Waals surface area (Å²) in [4.78, 5) is 22.7. The lowest BCUT2D eigenvalue weighted by atomic mass is 9.74. The third-order valence-electron chi connectivity index (χ3n) is 3.12. The van der Waals surface area contributed by atoms with Crippen molar-refractivity contribution in [2.45, 2.75) is 30.3 Å². The van der Waals surface area contributed by atoms with Crippen molar-refractivity contribution in [2.75, 3.05) is 0 Å². The van der Waals surface area contributed by atoms with Gasteiger partial charge in [-0.3, -0.25) is 9.59 Å². The molecule has 0 heterocycles. The summed E-state index contributed by atoms with van der Waals surface area (Å²) in [5, 5.41) is 9.62. The van der Waals surface area contributed by atoms with E-state index in [2.05, 4.69) is 0 Å². The molecule has 0 aromatic heterocycles. The van der Waals surface area contributed by atoms with E-state index in [1.807, 2.05) is 22.6 Å². The minimum Gasteiger partial charge on any atom is -0.382 e. The van der Waals surface area contributed by atoms with Crippen LogP contribution in [0.2, 0.25) is 0 Å². The lowest BCUT2D eigenvalue weighted by molar-refractivity contribution is -0.125. The average Bonchev–Trinajstić information content (AvgIpc) is 2.16. The van der Waals surface area contributed by atoms with Crippen LogP contribution in [0.1, 0.15) is 26.2 Å². The van der Waals surface area contributed by atoms with Crippen molar-refractivity contribution in [3.8, 4) is 0 Å². The summed E-state index contributed by atoms with van der Waals surface area (Å²) in [6.45, 7) is 1.59. The molecule has 15 heavy (non-hydrogen) atoms. The number of carbonyl (C=O) groups is 2. The Kier molecular flexibility index (Phi) is 5.44. The summed E-state index contributed by atoms with van der Waals surface area (Å²) in [5.74, 6) is 0.0774. The summed E-state index contributed by atoms with van der Waals surface area (Å²) in [5.41, 5.74) is 0. The lowest BCUT2D eigenvalue weighted by Gasteiger charge is -2.34. The van der Waals surface area contributed by atoms with Gasteiger partial charge < -0.3 is 5.11 Å². The van der Waals surface area contributed by atoms with E-state index in [9.17, 15) is 14.7 Å². The molecule has 4 atom stereocenters. The molecule has 1 N–H and O–H groups in total. The maximum absolute atomic E-state index is 11.4. The number of Topliss-reactive ketones (excluding diaryl/α,β-unsaturated/α-hetero) is 1. The van der Waals surface area contributed by atoms with Gasteiger partial charge in [0.25, 0.3) is 0 Å². The number of ketones is 1. The quantitative estimate of drug-likeness (QED) is 0.420. The van der Waals surface area contributed by atoms with Gasteiger partial charge in [-0.15, -0.1) is 0 Å². The van der Waals surface area contributed by atoms with Crippen molar-refractivity contribution in [1.82, 2.24) is 0 Å². The Morgan fingerprint density at radius 2 is 2.00 bits per heavy atom. The van der Waals surface area contributed by atoms with Gasteiger partial charge in [0, 0.05) is 17.8 Å². The fraction of sp³-hybridized carbons (Fsp3) is 0.800. The SMILES string of the molecule is CC(=O)C1CCC(C(=O)I)C(C(O)I)C1. The zero-order valence-electron chi connectivity index (χ0n) is 8.45. The molecule has 1 fully saturated rings. The van der Waals surface area contributed by atoms with Crippen LogP contribution in [0.25, 0.3) is 0 Å². The largest absolute Gasteiger partial charge is 0.382 e. The number of alkyl halides is 1. The molecule has 0 aromatic carbocycles. The molecule has 0 aliphatic heterocycles. The minimum atomic E-state index is -0.534. The Balaban J connectivity index is 2.73.